The molecular weight excluding hydrogens is 270 g/mol. The fourth-order valence-electron chi connectivity index (χ4n) is 3.00. The Morgan fingerprint density at radius 1 is 1.33 bits per heavy atom. The van der Waals surface area contributed by atoms with Gasteiger partial charge in [-0.15, -0.1) is 0 Å². The first-order valence-electron chi connectivity index (χ1n) is 7.20. The van der Waals surface area contributed by atoms with Gasteiger partial charge in [0.25, 0.3) is 0 Å². The van der Waals surface area contributed by atoms with E-state index < -0.39 is 11.5 Å². The molecule has 0 aromatic heterocycles. The van der Waals surface area contributed by atoms with Gasteiger partial charge in [-0.3, -0.25) is 4.79 Å². The summed E-state index contributed by atoms with van der Waals surface area (Å²) in [5.41, 5.74) is -0.160. The highest BCUT2D eigenvalue weighted by molar-refractivity contribution is 5.88. The average Bonchev–Trinajstić information content (AvgIpc) is 2.93. The third-order valence-corrected chi connectivity index (χ3v) is 4.29. The van der Waals surface area contributed by atoms with Crippen LogP contribution < -0.4 is 4.74 Å². The first kappa shape index (κ1) is 15.4. The van der Waals surface area contributed by atoms with E-state index in [0.717, 1.165) is 17.7 Å². The number of benzene rings is 1. The highest BCUT2D eigenvalue weighted by atomic mass is 16.5. The van der Waals surface area contributed by atoms with Gasteiger partial charge < -0.3 is 14.7 Å². The van der Waals surface area contributed by atoms with Crippen LogP contribution >= 0.6 is 0 Å². The molecular formula is C16H21NO4. The van der Waals surface area contributed by atoms with Crippen molar-refractivity contribution in [2.45, 2.75) is 38.1 Å². The highest BCUT2D eigenvalue weighted by Crippen LogP contribution is 2.33. The summed E-state index contributed by atoms with van der Waals surface area (Å²) >= 11 is 0. The predicted molar refractivity (Wildman–Crippen MR) is 78.3 cm³/mol. The van der Waals surface area contributed by atoms with E-state index in [9.17, 15) is 14.7 Å². The van der Waals surface area contributed by atoms with E-state index in [0.29, 0.717) is 19.4 Å². The molecule has 1 heterocycles. The topological polar surface area (TPSA) is 66.8 Å². The van der Waals surface area contributed by atoms with Crippen molar-refractivity contribution in [1.29, 1.82) is 0 Å². The van der Waals surface area contributed by atoms with Gasteiger partial charge in [-0.05, 0) is 37.0 Å². The molecule has 1 N–H and O–H groups in total. The summed E-state index contributed by atoms with van der Waals surface area (Å²) in [5, 5.41) is 9.51. The Hall–Kier alpha value is -2.04. The van der Waals surface area contributed by atoms with Crippen molar-refractivity contribution in [3.8, 4) is 5.75 Å². The molecule has 2 rings (SSSR count). The second-order valence-electron chi connectivity index (χ2n) is 5.36. The summed E-state index contributed by atoms with van der Waals surface area (Å²) in [6, 6.07) is 7.27. The molecule has 0 radical (unpaired) electrons. The Labute approximate surface area is 124 Å². The van der Waals surface area contributed by atoms with E-state index in [2.05, 4.69) is 0 Å². The number of carbonyl (C=O) groups is 2. The average molecular weight is 291 g/mol. The molecule has 1 aliphatic rings. The molecule has 1 atom stereocenters. The van der Waals surface area contributed by atoms with E-state index >= 15 is 0 Å². The summed E-state index contributed by atoms with van der Waals surface area (Å²) < 4.78 is 5.08. The number of carboxylic acid groups (broad SMARTS) is 1. The van der Waals surface area contributed by atoms with Crippen molar-refractivity contribution in [3.63, 3.8) is 0 Å². The number of likely N-dealkylation sites (tertiary alicyclic amines) is 1. The Morgan fingerprint density at radius 2 is 2.00 bits per heavy atom. The smallest absolute Gasteiger partial charge is 0.329 e. The summed E-state index contributed by atoms with van der Waals surface area (Å²) in [6.45, 7) is 2.35. The molecule has 1 unspecified atom stereocenters. The van der Waals surface area contributed by atoms with Crippen LogP contribution in [0.25, 0.3) is 0 Å². The molecule has 1 amide bonds. The normalized spacial score (nSPS) is 21.3. The number of hydrogen-bond donors (Lipinski definition) is 1. The first-order valence-corrected chi connectivity index (χ1v) is 7.20. The van der Waals surface area contributed by atoms with Crippen LogP contribution in [0.3, 0.4) is 0 Å². The quantitative estimate of drug-likeness (QED) is 0.902. The van der Waals surface area contributed by atoms with Gasteiger partial charge in [0.05, 0.1) is 13.5 Å². The first-order chi connectivity index (χ1) is 10.0. The number of amides is 1. The van der Waals surface area contributed by atoms with E-state index in [1.807, 2.05) is 19.1 Å². The summed E-state index contributed by atoms with van der Waals surface area (Å²) in [5.74, 6) is -0.284. The zero-order chi connectivity index (χ0) is 15.5. The van der Waals surface area contributed by atoms with Gasteiger partial charge in [0.2, 0.25) is 5.91 Å². The van der Waals surface area contributed by atoms with Crippen LogP contribution in [0.2, 0.25) is 0 Å². The number of rotatable bonds is 5. The van der Waals surface area contributed by atoms with Gasteiger partial charge >= 0.3 is 5.97 Å². The maximum atomic E-state index is 12.5. The maximum Gasteiger partial charge on any atom is 0.329 e. The second kappa shape index (κ2) is 6.16. The molecule has 0 saturated carbocycles. The minimum absolute atomic E-state index is 0.123. The molecule has 1 aromatic rings. The number of carboxylic acids is 1. The number of hydrogen-bond acceptors (Lipinski definition) is 3. The zero-order valence-electron chi connectivity index (χ0n) is 12.5. The van der Waals surface area contributed by atoms with Crippen LogP contribution in [0.15, 0.2) is 24.3 Å². The van der Waals surface area contributed by atoms with Crippen LogP contribution in [0.5, 0.6) is 5.75 Å². The Bertz CT molecular complexity index is 526. The van der Waals surface area contributed by atoms with Crippen molar-refractivity contribution in [2.24, 2.45) is 0 Å². The molecule has 1 fully saturated rings. The lowest BCUT2D eigenvalue weighted by atomic mass is 9.92. The standard InChI is InChI=1S/C16H21NO4/c1-3-16(15(19)20)9-4-10-17(16)14(18)11-12-5-7-13(21-2)8-6-12/h5-8H,3-4,9-11H2,1-2H3,(H,19,20). The molecule has 5 heteroatoms. The SMILES string of the molecule is CCC1(C(=O)O)CCCN1C(=O)Cc1ccc(OC)cc1. The highest BCUT2D eigenvalue weighted by Gasteiger charge is 2.48. The lowest BCUT2D eigenvalue weighted by Crippen LogP contribution is -2.53. The van der Waals surface area contributed by atoms with Crippen molar-refractivity contribution < 1.29 is 19.4 Å². The molecule has 21 heavy (non-hydrogen) atoms. The van der Waals surface area contributed by atoms with Crippen LogP contribution in [0.4, 0.5) is 0 Å². The minimum atomic E-state index is -1.02. The van der Waals surface area contributed by atoms with Crippen molar-refractivity contribution >= 4 is 11.9 Å². The van der Waals surface area contributed by atoms with E-state index in [1.54, 1.807) is 24.1 Å². The fraction of sp³-hybridized carbons (Fsp3) is 0.500. The Balaban J connectivity index is 2.13. The molecule has 0 bridgehead atoms. The summed E-state index contributed by atoms with van der Waals surface area (Å²) in [6.07, 6.45) is 1.94. The molecule has 1 aliphatic heterocycles. The predicted octanol–water partition coefficient (Wildman–Crippen LogP) is 2.09. The van der Waals surface area contributed by atoms with Crippen molar-refractivity contribution in [3.05, 3.63) is 29.8 Å². The summed E-state index contributed by atoms with van der Waals surface area (Å²) in [7, 11) is 1.59. The van der Waals surface area contributed by atoms with Gasteiger partial charge in [-0.25, -0.2) is 4.79 Å². The van der Waals surface area contributed by atoms with Gasteiger partial charge in [0.15, 0.2) is 0 Å². The number of nitrogens with zero attached hydrogens (tertiary/aromatic N) is 1. The van der Waals surface area contributed by atoms with E-state index in [-0.39, 0.29) is 12.3 Å². The second-order valence-corrected chi connectivity index (χ2v) is 5.36. The molecule has 5 nitrogen and oxygen atoms in total. The number of ether oxygens (including phenoxy) is 1. The van der Waals surface area contributed by atoms with Gasteiger partial charge in [0.1, 0.15) is 11.3 Å². The number of carbonyl (C=O) groups excluding carboxylic acids is 1. The van der Waals surface area contributed by atoms with Gasteiger partial charge in [-0.1, -0.05) is 19.1 Å². The van der Waals surface area contributed by atoms with E-state index in [4.69, 9.17) is 4.74 Å². The third kappa shape index (κ3) is 2.86. The lowest BCUT2D eigenvalue weighted by Gasteiger charge is -2.34. The van der Waals surface area contributed by atoms with Gasteiger partial charge in [-0.2, -0.15) is 0 Å². The molecule has 1 aromatic carbocycles. The lowest BCUT2D eigenvalue weighted by molar-refractivity contribution is -0.156. The van der Waals surface area contributed by atoms with Crippen LogP contribution in [-0.4, -0.2) is 41.1 Å². The Morgan fingerprint density at radius 3 is 2.52 bits per heavy atom. The monoisotopic (exact) mass is 291 g/mol. The van der Waals surface area contributed by atoms with Crippen molar-refractivity contribution in [1.82, 2.24) is 4.90 Å². The van der Waals surface area contributed by atoms with Crippen LogP contribution in [-0.2, 0) is 16.0 Å². The molecule has 0 spiro atoms. The fourth-order valence-corrected chi connectivity index (χ4v) is 3.00. The van der Waals surface area contributed by atoms with Crippen molar-refractivity contribution in [2.75, 3.05) is 13.7 Å². The number of aliphatic carboxylic acids is 1. The molecule has 114 valence electrons. The maximum absolute atomic E-state index is 12.5. The molecule has 1 saturated heterocycles. The summed E-state index contributed by atoms with van der Waals surface area (Å²) in [4.78, 5) is 25.6. The Kier molecular flexibility index (Phi) is 4.50. The van der Waals surface area contributed by atoms with E-state index in [1.165, 1.54) is 0 Å². The third-order valence-electron chi connectivity index (χ3n) is 4.29. The largest absolute Gasteiger partial charge is 0.497 e. The molecule has 0 aliphatic carbocycles. The van der Waals surface area contributed by atoms with Crippen LogP contribution in [0.1, 0.15) is 31.7 Å². The zero-order valence-corrected chi connectivity index (χ0v) is 12.5. The van der Waals surface area contributed by atoms with Crippen LogP contribution in [0, 0.1) is 0 Å². The van der Waals surface area contributed by atoms with Gasteiger partial charge in [0, 0.05) is 6.54 Å². The number of methoxy groups -OCH3 is 1. The minimum Gasteiger partial charge on any atom is -0.497 e.